The quantitative estimate of drug-likeness (QED) is 0.892. The fourth-order valence-electron chi connectivity index (χ4n) is 1.49. The lowest BCUT2D eigenvalue weighted by molar-refractivity contribution is -0.225. The second kappa shape index (κ2) is 5.26. The highest BCUT2D eigenvalue weighted by Crippen LogP contribution is 2.22. The Hall–Kier alpha value is -1.10. The van der Waals surface area contributed by atoms with Gasteiger partial charge in [0.15, 0.2) is 5.79 Å². The lowest BCUT2D eigenvalue weighted by Crippen LogP contribution is -2.35. The maximum absolute atomic E-state index is 13.5. The van der Waals surface area contributed by atoms with Crippen LogP contribution >= 0.6 is 11.6 Å². The van der Waals surface area contributed by atoms with E-state index in [1.165, 1.54) is 6.07 Å². The Kier molecular flexibility index (Phi) is 3.90. The minimum atomic E-state index is -0.553. The Morgan fingerprint density at radius 1 is 1.33 bits per heavy atom. The molecule has 0 radical (unpaired) electrons. The number of halogens is 2. The number of ether oxygens (including phenoxy) is 2. The first-order chi connectivity index (χ1) is 8.46. The van der Waals surface area contributed by atoms with Gasteiger partial charge >= 0.3 is 0 Å². The Morgan fingerprint density at radius 2 is 2.00 bits per heavy atom. The van der Waals surface area contributed by atoms with Crippen molar-refractivity contribution in [2.45, 2.75) is 19.6 Å². The minimum Gasteiger partial charge on any atom is -0.359 e. The van der Waals surface area contributed by atoms with Crippen LogP contribution in [-0.2, 0) is 9.47 Å². The van der Waals surface area contributed by atoms with Crippen molar-refractivity contribution in [3.63, 3.8) is 0 Å². The van der Waals surface area contributed by atoms with Gasteiger partial charge in [-0.05, 0) is 37.6 Å². The summed E-state index contributed by atoms with van der Waals surface area (Å²) in [7, 11) is 0. The molecular formula is C13H15ClFNO2. The highest BCUT2D eigenvalue weighted by Gasteiger charge is 2.24. The van der Waals surface area contributed by atoms with Crippen LogP contribution in [0.25, 0.3) is 0 Å². The predicted octanol–water partition coefficient (Wildman–Crippen LogP) is 3.56. The highest BCUT2D eigenvalue weighted by atomic mass is 35.5. The molecule has 1 saturated heterocycles. The van der Waals surface area contributed by atoms with Gasteiger partial charge in [-0.2, -0.15) is 0 Å². The highest BCUT2D eigenvalue weighted by molar-refractivity contribution is 6.30. The second-order valence-corrected chi connectivity index (χ2v) is 4.98. The maximum Gasteiger partial charge on any atom is 0.163 e. The van der Waals surface area contributed by atoms with Crippen molar-refractivity contribution in [1.29, 1.82) is 0 Å². The van der Waals surface area contributed by atoms with Crippen LogP contribution in [0.2, 0.25) is 5.02 Å². The van der Waals surface area contributed by atoms with Crippen LogP contribution in [0.15, 0.2) is 30.0 Å². The monoisotopic (exact) mass is 271 g/mol. The SMILES string of the molecule is CC1(C)OCC(=CNc2ccc(Cl)cc2F)CO1. The molecule has 18 heavy (non-hydrogen) atoms. The van der Waals surface area contributed by atoms with Gasteiger partial charge in [0.2, 0.25) is 0 Å². The fraction of sp³-hybridized carbons (Fsp3) is 0.385. The van der Waals surface area contributed by atoms with E-state index in [0.717, 1.165) is 5.57 Å². The smallest absolute Gasteiger partial charge is 0.163 e. The molecule has 2 rings (SSSR count). The zero-order valence-corrected chi connectivity index (χ0v) is 11.1. The molecule has 1 heterocycles. The number of benzene rings is 1. The van der Waals surface area contributed by atoms with E-state index in [0.29, 0.717) is 23.9 Å². The molecule has 1 aliphatic rings. The lowest BCUT2D eigenvalue weighted by Gasteiger charge is -2.31. The molecule has 0 aliphatic carbocycles. The molecule has 1 aliphatic heterocycles. The van der Waals surface area contributed by atoms with E-state index in [1.54, 1.807) is 18.3 Å². The van der Waals surface area contributed by atoms with Gasteiger partial charge in [0.1, 0.15) is 5.82 Å². The van der Waals surface area contributed by atoms with E-state index in [4.69, 9.17) is 21.1 Å². The van der Waals surface area contributed by atoms with Crippen molar-refractivity contribution < 1.29 is 13.9 Å². The van der Waals surface area contributed by atoms with Gasteiger partial charge in [0.05, 0.1) is 18.9 Å². The average Bonchev–Trinajstić information content (AvgIpc) is 2.29. The third-order valence-electron chi connectivity index (χ3n) is 2.57. The lowest BCUT2D eigenvalue weighted by atomic mass is 10.2. The predicted molar refractivity (Wildman–Crippen MR) is 69.1 cm³/mol. The number of nitrogens with one attached hydrogen (secondary N) is 1. The first-order valence-corrected chi connectivity index (χ1v) is 6.01. The van der Waals surface area contributed by atoms with Gasteiger partial charge in [-0.1, -0.05) is 11.6 Å². The molecule has 1 fully saturated rings. The van der Waals surface area contributed by atoms with Crippen LogP contribution in [-0.4, -0.2) is 19.0 Å². The minimum absolute atomic E-state index is 0.372. The molecule has 3 nitrogen and oxygen atoms in total. The Bertz CT molecular complexity index is 462. The first kappa shape index (κ1) is 13.3. The molecule has 0 saturated carbocycles. The van der Waals surface area contributed by atoms with Gasteiger partial charge < -0.3 is 14.8 Å². The van der Waals surface area contributed by atoms with Crippen molar-refractivity contribution in [3.8, 4) is 0 Å². The summed E-state index contributed by atoms with van der Waals surface area (Å²) in [6.07, 6.45) is 1.70. The molecule has 0 atom stereocenters. The molecular weight excluding hydrogens is 257 g/mol. The van der Waals surface area contributed by atoms with Crippen LogP contribution in [0.5, 0.6) is 0 Å². The number of rotatable bonds is 2. The summed E-state index contributed by atoms with van der Waals surface area (Å²) in [4.78, 5) is 0. The first-order valence-electron chi connectivity index (χ1n) is 5.64. The van der Waals surface area contributed by atoms with Gasteiger partial charge in [-0.3, -0.25) is 0 Å². The molecule has 1 aromatic carbocycles. The second-order valence-electron chi connectivity index (χ2n) is 4.55. The van der Waals surface area contributed by atoms with E-state index < -0.39 is 11.6 Å². The van der Waals surface area contributed by atoms with Gasteiger partial charge in [0.25, 0.3) is 0 Å². The summed E-state index contributed by atoms with van der Waals surface area (Å²) in [5, 5.41) is 3.25. The summed E-state index contributed by atoms with van der Waals surface area (Å²) in [5.41, 5.74) is 1.29. The summed E-state index contributed by atoms with van der Waals surface area (Å²) < 4.78 is 24.4. The molecule has 5 heteroatoms. The Morgan fingerprint density at radius 3 is 2.61 bits per heavy atom. The third kappa shape index (κ3) is 3.45. The zero-order chi connectivity index (χ0) is 13.2. The standard InChI is InChI=1S/C13H15ClFNO2/c1-13(2)17-7-9(8-18-13)6-16-12-4-3-10(14)5-11(12)15/h3-6,16H,7-8H2,1-2H3. The molecule has 0 spiro atoms. The van der Waals surface area contributed by atoms with Crippen LogP contribution in [0.3, 0.4) is 0 Å². The van der Waals surface area contributed by atoms with Crippen molar-refractivity contribution >= 4 is 17.3 Å². The number of anilines is 1. The van der Waals surface area contributed by atoms with Crippen molar-refractivity contribution in [1.82, 2.24) is 0 Å². The van der Waals surface area contributed by atoms with Crippen LogP contribution in [0.4, 0.5) is 10.1 Å². The number of hydrogen-bond donors (Lipinski definition) is 1. The molecule has 1 N–H and O–H groups in total. The summed E-state index contributed by atoms with van der Waals surface area (Å²) >= 11 is 5.67. The third-order valence-corrected chi connectivity index (χ3v) is 2.81. The summed E-state index contributed by atoms with van der Waals surface area (Å²) in [6.45, 7) is 4.65. The van der Waals surface area contributed by atoms with Crippen molar-refractivity contribution in [3.05, 3.63) is 40.8 Å². The maximum atomic E-state index is 13.5. The Balaban J connectivity index is 1.99. The zero-order valence-electron chi connectivity index (χ0n) is 10.3. The molecule has 0 unspecified atom stereocenters. The molecule has 98 valence electrons. The van der Waals surface area contributed by atoms with Gasteiger partial charge in [-0.15, -0.1) is 0 Å². The average molecular weight is 272 g/mol. The molecule has 0 bridgehead atoms. The fourth-order valence-corrected chi connectivity index (χ4v) is 1.64. The van der Waals surface area contributed by atoms with Crippen LogP contribution < -0.4 is 5.32 Å². The van der Waals surface area contributed by atoms with Crippen molar-refractivity contribution in [2.75, 3.05) is 18.5 Å². The Labute approximate surface area is 111 Å². The van der Waals surface area contributed by atoms with Gasteiger partial charge in [0, 0.05) is 11.2 Å². The van der Waals surface area contributed by atoms with E-state index in [1.807, 2.05) is 13.8 Å². The topological polar surface area (TPSA) is 30.5 Å². The molecule has 1 aromatic rings. The molecule has 0 aromatic heterocycles. The largest absolute Gasteiger partial charge is 0.359 e. The number of hydrogen-bond acceptors (Lipinski definition) is 3. The normalized spacial score (nSPS) is 18.6. The summed E-state index contributed by atoms with van der Waals surface area (Å²) in [5.74, 6) is -0.944. The van der Waals surface area contributed by atoms with Crippen LogP contribution in [0.1, 0.15) is 13.8 Å². The van der Waals surface area contributed by atoms with Gasteiger partial charge in [-0.25, -0.2) is 4.39 Å². The van der Waals surface area contributed by atoms with Crippen molar-refractivity contribution in [2.24, 2.45) is 0 Å². The van der Waals surface area contributed by atoms with E-state index in [9.17, 15) is 4.39 Å². The van der Waals surface area contributed by atoms with E-state index in [2.05, 4.69) is 5.32 Å². The van der Waals surface area contributed by atoms with E-state index >= 15 is 0 Å². The van der Waals surface area contributed by atoms with E-state index in [-0.39, 0.29) is 0 Å². The molecule has 0 amide bonds. The van der Waals surface area contributed by atoms with Crippen LogP contribution in [0, 0.1) is 5.82 Å². The summed E-state index contributed by atoms with van der Waals surface area (Å²) in [6, 6.07) is 4.48.